The molecule has 0 unspecified atom stereocenters. The maximum Gasteiger partial charge on any atom is 0.131 e. The predicted octanol–water partition coefficient (Wildman–Crippen LogP) is 3.99. The van der Waals surface area contributed by atoms with E-state index in [4.69, 9.17) is 21.7 Å². The van der Waals surface area contributed by atoms with Crippen LogP contribution in [0.15, 0.2) is 42.5 Å². The zero-order valence-corrected chi connectivity index (χ0v) is 11.6. The molecule has 0 radical (unpaired) electrons. The van der Waals surface area contributed by atoms with Crippen LogP contribution in [0.3, 0.4) is 0 Å². The van der Waals surface area contributed by atoms with Crippen molar-refractivity contribution in [1.82, 2.24) is 5.32 Å². The first-order valence-corrected chi connectivity index (χ1v) is 6.29. The molecule has 0 fully saturated rings. The van der Waals surface area contributed by atoms with Crippen LogP contribution in [0.2, 0.25) is 5.02 Å². The van der Waals surface area contributed by atoms with E-state index < -0.39 is 0 Å². The molecule has 0 bridgehead atoms. The van der Waals surface area contributed by atoms with Gasteiger partial charge < -0.3 is 10.1 Å². The van der Waals surface area contributed by atoms with E-state index in [0.717, 1.165) is 11.3 Å². The average molecular weight is 275 g/mol. The lowest BCUT2D eigenvalue weighted by atomic mass is 10.1. The molecular weight excluding hydrogens is 260 g/mol. The molecule has 0 amide bonds. The Hall–Kier alpha value is -2.00. The van der Waals surface area contributed by atoms with E-state index in [1.807, 2.05) is 43.3 Å². The van der Waals surface area contributed by atoms with E-state index >= 15 is 0 Å². The lowest BCUT2D eigenvalue weighted by Crippen LogP contribution is -2.18. The molecule has 0 aliphatic carbocycles. The highest BCUT2D eigenvalue weighted by Crippen LogP contribution is 2.30. The van der Waals surface area contributed by atoms with Crippen LogP contribution in [-0.4, -0.2) is 12.9 Å². The van der Waals surface area contributed by atoms with Gasteiger partial charge in [-0.15, -0.1) is 0 Å². The first-order chi connectivity index (χ1) is 9.11. The fraction of sp³-hybridized carbons (Fsp3) is 0.133. The molecule has 4 heteroatoms. The second-order valence-corrected chi connectivity index (χ2v) is 4.54. The molecule has 0 aliphatic rings. The molecule has 0 saturated heterocycles. The summed E-state index contributed by atoms with van der Waals surface area (Å²) < 4.78 is 5.78. The largest absolute Gasteiger partial charge is 0.457 e. The van der Waals surface area contributed by atoms with Gasteiger partial charge in [0.15, 0.2) is 0 Å². The smallest absolute Gasteiger partial charge is 0.131 e. The minimum atomic E-state index is 0.291. The van der Waals surface area contributed by atoms with E-state index in [1.54, 1.807) is 13.1 Å². The number of amidine groups is 1. The topological polar surface area (TPSA) is 45.1 Å². The Morgan fingerprint density at radius 2 is 1.89 bits per heavy atom. The van der Waals surface area contributed by atoms with E-state index in [9.17, 15) is 0 Å². The highest BCUT2D eigenvalue weighted by atomic mass is 35.5. The van der Waals surface area contributed by atoms with Crippen LogP contribution in [0.25, 0.3) is 0 Å². The SMILES string of the molecule is CNC(=N)c1cc(C)c(Oc2ccccc2)cc1Cl. The summed E-state index contributed by atoms with van der Waals surface area (Å²) in [4.78, 5) is 0. The first-order valence-electron chi connectivity index (χ1n) is 5.91. The summed E-state index contributed by atoms with van der Waals surface area (Å²) in [5, 5.41) is 11.0. The quantitative estimate of drug-likeness (QED) is 0.657. The Morgan fingerprint density at radius 3 is 2.53 bits per heavy atom. The van der Waals surface area contributed by atoms with Crippen LogP contribution in [0, 0.1) is 12.3 Å². The number of para-hydroxylation sites is 1. The molecule has 0 saturated carbocycles. The van der Waals surface area contributed by atoms with Gasteiger partial charge in [0.25, 0.3) is 0 Å². The molecule has 2 aromatic carbocycles. The van der Waals surface area contributed by atoms with Gasteiger partial charge in [0.05, 0.1) is 5.02 Å². The second-order valence-electron chi connectivity index (χ2n) is 4.14. The Bertz CT molecular complexity index is 597. The van der Waals surface area contributed by atoms with E-state index in [0.29, 0.717) is 22.2 Å². The van der Waals surface area contributed by atoms with Crippen LogP contribution in [0.5, 0.6) is 11.5 Å². The minimum absolute atomic E-state index is 0.291. The van der Waals surface area contributed by atoms with E-state index in [-0.39, 0.29) is 0 Å². The zero-order valence-electron chi connectivity index (χ0n) is 10.8. The van der Waals surface area contributed by atoms with Gasteiger partial charge in [0.2, 0.25) is 0 Å². The number of ether oxygens (including phenoxy) is 1. The predicted molar refractivity (Wildman–Crippen MR) is 78.6 cm³/mol. The lowest BCUT2D eigenvalue weighted by molar-refractivity contribution is 0.479. The van der Waals surface area contributed by atoms with Gasteiger partial charge in [-0.05, 0) is 30.7 Å². The van der Waals surface area contributed by atoms with Crippen molar-refractivity contribution >= 4 is 17.4 Å². The third kappa shape index (κ3) is 3.06. The summed E-state index contributed by atoms with van der Waals surface area (Å²) >= 11 is 6.18. The van der Waals surface area contributed by atoms with Crippen molar-refractivity contribution in [2.75, 3.05) is 7.05 Å². The van der Waals surface area contributed by atoms with E-state index in [2.05, 4.69) is 5.32 Å². The van der Waals surface area contributed by atoms with Gasteiger partial charge >= 0.3 is 0 Å². The molecule has 19 heavy (non-hydrogen) atoms. The summed E-state index contributed by atoms with van der Waals surface area (Å²) in [6.45, 7) is 1.93. The molecule has 0 aliphatic heterocycles. The first kappa shape index (κ1) is 13.4. The monoisotopic (exact) mass is 274 g/mol. The molecule has 98 valence electrons. The van der Waals surface area contributed by atoms with E-state index in [1.165, 1.54) is 0 Å². The van der Waals surface area contributed by atoms with Crippen LogP contribution >= 0.6 is 11.6 Å². The summed E-state index contributed by atoms with van der Waals surface area (Å²) in [5.74, 6) is 1.75. The molecule has 2 N–H and O–H groups in total. The van der Waals surface area contributed by atoms with Crippen molar-refractivity contribution < 1.29 is 4.74 Å². The molecule has 0 atom stereocenters. The molecule has 0 aromatic heterocycles. The Kier molecular flexibility index (Phi) is 4.07. The van der Waals surface area contributed by atoms with Crippen molar-refractivity contribution in [3.05, 3.63) is 58.6 Å². The van der Waals surface area contributed by atoms with Crippen LogP contribution in [0.1, 0.15) is 11.1 Å². The van der Waals surface area contributed by atoms with Crippen molar-refractivity contribution in [3.8, 4) is 11.5 Å². The number of aryl methyl sites for hydroxylation is 1. The van der Waals surface area contributed by atoms with Gasteiger partial charge in [-0.3, -0.25) is 5.41 Å². The number of rotatable bonds is 3. The number of hydrogen-bond acceptors (Lipinski definition) is 2. The van der Waals surface area contributed by atoms with Gasteiger partial charge in [-0.1, -0.05) is 29.8 Å². The number of hydrogen-bond donors (Lipinski definition) is 2. The third-order valence-electron chi connectivity index (χ3n) is 2.75. The summed E-state index contributed by atoms with van der Waals surface area (Å²) in [7, 11) is 1.70. The maximum absolute atomic E-state index is 7.77. The van der Waals surface area contributed by atoms with Crippen LogP contribution in [-0.2, 0) is 0 Å². The summed E-state index contributed by atoms with van der Waals surface area (Å²) in [6, 6.07) is 13.1. The second kappa shape index (κ2) is 5.76. The van der Waals surface area contributed by atoms with Gasteiger partial charge in [0.1, 0.15) is 17.3 Å². The van der Waals surface area contributed by atoms with Gasteiger partial charge in [0, 0.05) is 18.7 Å². The van der Waals surface area contributed by atoms with Gasteiger partial charge in [-0.2, -0.15) is 0 Å². The third-order valence-corrected chi connectivity index (χ3v) is 3.07. The number of benzene rings is 2. The normalized spacial score (nSPS) is 10.1. The molecule has 3 nitrogen and oxygen atoms in total. The molecule has 2 aromatic rings. The average Bonchev–Trinajstić information content (AvgIpc) is 2.43. The number of halogens is 1. The molecule has 0 heterocycles. The maximum atomic E-state index is 7.77. The highest BCUT2D eigenvalue weighted by Gasteiger charge is 2.10. The summed E-state index contributed by atoms with van der Waals surface area (Å²) in [6.07, 6.45) is 0. The standard InChI is InChI=1S/C15H15ClN2O/c1-10-8-12(15(17)18-2)13(16)9-14(10)19-11-6-4-3-5-7-11/h3-9H,1-2H3,(H2,17,18). The van der Waals surface area contributed by atoms with Crippen LogP contribution < -0.4 is 10.1 Å². The Morgan fingerprint density at radius 1 is 1.21 bits per heavy atom. The zero-order chi connectivity index (χ0) is 13.8. The number of nitrogens with one attached hydrogen (secondary N) is 2. The lowest BCUT2D eigenvalue weighted by Gasteiger charge is -2.12. The fourth-order valence-electron chi connectivity index (χ4n) is 1.71. The van der Waals surface area contributed by atoms with Crippen molar-refractivity contribution in [2.24, 2.45) is 0 Å². The minimum Gasteiger partial charge on any atom is -0.457 e. The van der Waals surface area contributed by atoms with Crippen LogP contribution in [0.4, 0.5) is 0 Å². The van der Waals surface area contributed by atoms with Gasteiger partial charge in [-0.25, -0.2) is 0 Å². The van der Waals surface area contributed by atoms with Crippen molar-refractivity contribution in [1.29, 1.82) is 5.41 Å². The molecular formula is C15H15ClN2O. The highest BCUT2D eigenvalue weighted by molar-refractivity contribution is 6.34. The summed E-state index contributed by atoms with van der Waals surface area (Å²) in [5.41, 5.74) is 1.60. The fourth-order valence-corrected chi connectivity index (χ4v) is 1.96. The Balaban J connectivity index is 2.33. The van der Waals surface area contributed by atoms with Crippen molar-refractivity contribution in [2.45, 2.75) is 6.92 Å². The van der Waals surface area contributed by atoms with Crippen molar-refractivity contribution in [3.63, 3.8) is 0 Å². The molecule has 2 rings (SSSR count). The molecule has 0 spiro atoms. The Labute approximate surface area is 117 Å².